The van der Waals surface area contributed by atoms with Crippen molar-refractivity contribution < 1.29 is 14.3 Å². The van der Waals surface area contributed by atoms with E-state index in [0.29, 0.717) is 6.54 Å². The highest BCUT2D eigenvalue weighted by Crippen LogP contribution is 1.97. The predicted molar refractivity (Wildman–Crippen MR) is 78.1 cm³/mol. The summed E-state index contributed by atoms with van der Waals surface area (Å²) in [5.74, 6) is -0.824. The van der Waals surface area contributed by atoms with Gasteiger partial charge in [0.15, 0.2) is 6.61 Å². The molecule has 0 fully saturated rings. The van der Waals surface area contributed by atoms with Crippen LogP contribution >= 0.6 is 0 Å². The maximum absolute atomic E-state index is 11.4. The summed E-state index contributed by atoms with van der Waals surface area (Å²) in [6, 6.07) is 9.85. The summed E-state index contributed by atoms with van der Waals surface area (Å²) < 4.78 is 4.78. The number of hydrogen-bond acceptors (Lipinski definition) is 3. The van der Waals surface area contributed by atoms with Crippen LogP contribution < -0.4 is 5.32 Å². The van der Waals surface area contributed by atoms with E-state index < -0.39 is 5.97 Å². The molecule has 1 rings (SSSR count). The summed E-state index contributed by atoms with van der Waals surface area (Å²) in [6.07, 6.45) is 7.09. The van der Waals surface area contributed by atoms with E-state index in [4.69, 9.17) is 4.74 Å². The fraction of sp³-hybridized carbons (Fsp3) is 0.250. The molecule has 4 nitrogen and oxygen atoms in total. The van der Waals surface area contributed by atoms with Crippen molar-refractivity contribution in [3.8, 4) is 0 Å². The zero-order valence-corrected chi connectivity index (χ0v) is 11.5. The highest BCUT2D eigenvalue weighted by molar-refractivity contribution is 5.85. The highest BCUT2D eigenvalue weighted by atomic mass is 16.5. The van der Waals surface area contributed by atoms with Crippen LogP contribution in [0.25, 0.3) is 0 Å². The molecule has 1 amide bonds. The van der Waals surface area contributed by atoms with E-state index in [1.54, 1.807) is 18.2 Å². The van der Waals surface area contributed by atoms with Crippen LogP contribution in [0.2, 0.25) is 0 Å². The molecule has 0 heterocycles. The highest BCUT2D eigenvalue weighted by Gasteiger charge is 2.04. The van der Waals surface area contributed by atoms with Crippen LogP contribution in [-0.4, -0.2) is 25.0 Å². The van der Waals surface area contributed by atoms with E-state index in [1.807, 2.05) is 37.3 Å². The largest absolute Gasteiger partial charge is 0.452 e. The Morgan fingerprint density at radius 1 is 1.20 bits per heavy atom. The first-order valence-corrected chi connectivity index (χ1v) is 6.49. The van der Waals surface area contributed by atoms with Gasteiger partial charge < -0.3 is 10.1 Å². The van der Waals surface area contributed by atoms with Gasteiger partial charge in [0, 0.05) is 12.6 Å². The topological polar surface area (TPSA) is 55.4 Å². The van der Waals surface area contributed by atoms with Crippen LogP contribution in [0.3, 0.4) is 0 Å². The van der Waals surface area contributed by atoms with E-state index >= 15 is 0 Å². The van der Waals surface area contributed by atoms with Gasteiger partial charge in [0.05, 0.1) is 0 Å². The number of allylic oxidation sites excluding steroid dienone is 3. The van der Waals surface area contributed by atoms with Crippen LogP contribution in [0.5, 0.6) is 0 Å². The van der Waals surface area contributed by atoms with Gasteiger partial charge in [0.2, 0.25) is 0 Å². The second-order valence-electron chi connectivity index (χ2n) is 4.08. The number of amides is 1. The molecule has 0 aromatic heterocycles. The van der Waals surface area contributed by atoms with Gasteiger partial charge in [-0.25, -0.2) is 4.79 Å². The van der Waals surface area contributed by atoms with E-state index in [1.165, 1.54) is 6.08 Å². The van der Waals surface area contributed by atoms with Crippen molar-refractivity contribution in [2.45, 2.75) is 13.3 Å². The Kier molecular flexibility index (Phi) is 7.50. The second kappa shape index (κ2) is 9.55. The molecular weight excluding hydrogens is 254 g/mol. The molecule has 0 atom stereocenters. The first-order chi connectivity index (χ1) is 9.72. The smallest absolute Gasteiger partial charge is 0.331 e. The van der Waals surface area contributed by atoms with Gasteiger partial charge in [-0.1, -0.05) is 48.6 Å². The van der Waals surface area contributed by atoms with E-state index in [-0.39, 0.29) is 12.5 Å². The lowest BCUT2D eigenvalue weighted by Crippen LogP contribution is -2.30. The number of benzene rings is 1. The number of hydrogen-bond donors (Lipinski definition) is 1. The maximum Gasteiger partial charge on any atom is 0.331 e. The van der Waals surface area contributed by atoms with E-state index in [9.17, 15) is 9.59 Å². The molecule has 106 valence electrons. The minimum atomic E-state index is -0.527. The van der Waals surface area contributed by atoms with Crippen molar-refractivity contribution in [1.82, 2.24) is 5.32 Å². The molecule has 0 radical (unpaired) electrons. The lowest BCUT2D eigenvalue weighted by Gasteiger charge is -2.05. The molecule has 0 aliphatic heterocycles. The van der Waals surface area contributed by atoms with Gasteiger partial charge >= 0.3 is 5.97 Å². The minimum absolute atomic E-state index is 0.256. The quantitative estimate of drug-likeness (QED) is 0.470. The summed E-state index contributed by atoms with van der Waals surface area (Å²) in [5, 5.41) is 2.70. The summed E-state index contributed by atoms with van der Waals surface area (Å²) in [6.45, 7) is 2.11. The Labute approximate surface area is 119 Å². The molecule has 0 bridgehead atoms. The van der Waals surface area contributed by atoms with E-state index in [0.717, 1.165) is 12.0 Å². The standard InChI is InChI=1S/C16H19NO3/c1-2-3-5-10-16(19)20-13-15(18)17-12-11-14-8-6-4-7-9-14/h2-10H,11-13H2,1H3,(H,17,18). The number of ether oxygens (including phenoxy) is 1. The third-order valence-corrected chi connectivity index (χ3v) is 2.46. The fourth-order valence-corrected chi connectivity index (χ4v) is 1.47. The van der Waals surface area contributed by atoms with Crippen molar-refractivity contribution in [2.75, 3.05) is 13.2 Å². The maximum atomic E-state index is 11.4. The molecule has 0 aliphatic carbocycles. The molecule has 0 saturated heterocycles. The lowest BCUT2D eigenvalue weighted by atomic mass is 10.1. The Hall–Kier alpha value is -2.36. The van der Waals surface area contributed by atoms with Gasteiger partial charge in [-0.2, -0.15) is 0 Å². The molecule has 0 aliphatic rings. The third kappa shape index (κ3) is 7.16. The molecule has 0 spiro atoms. The molecule has 0 unspecified atom stereocenters. The summed E-state index contributed by atoms with van der Waals surface area (Å²) in [4.78, 5) is 22.6. The Balaban J connectivity index is 2.16. The normalized spacial score (nSPS) is 10.8. The van der Waals surface area contributed by atoms with Gasteiger partial charge in [-0.05, 0) is 18.9 Å². The van der Waals surface area contributed by atoms with Gasteiger partial charge in [0.25, 0.3) is 5.91 Å². The predicted octanol–water partition coefficient (Wildman–Crippen LogP) is 2.02. The zero-order valence-electron chi connectivity index (χ0n) is 11.5. The molecular formula is C16H19NO3. The number of carbonyl (C=O) groups excluding carboxylic acids is 2. The van der Waals surface area contributed by atoms with Gasteiger partial charge in [-0.15, -0.1) is 0 Å². The van der Waals surface area contributed by atoms with Gasteiger partial charge in [-0.3, -0.25) is 4.79 Å². The van der Waals surface area contributed by atoms with Crippen LogP contribution in [-0.2, 0) is 20.7 Å². The SMILES string of the molecule is CC=CC=CC(=O)OCC(=O)NCCc1ccccc1. The van der Waals surface area contributed by atoms with Crippen LogP contribution in [0.15, 0.2) is 54.6 Å². The van der Waals surface area contributed by atoms with Crippen molar-refractivity contribution in [3.63, 3.8) is 0 Å². The first-order valence-electron chi connectivity index (χ1n) is 6.49. The fourth-order valence-electron chi connectivity index (χ4n) is 1.47. The summed E-state index contributed by atoms with van der Waals surface area (Å²) >= 11 is 0. The molecule has 1 aromatic rings. The molecule has 20 heavy (non-hydrogen) atoms. The molecule has 0 saturated carbocycles. The molecule has 4 heteroatoms. The van der Waals surface area contributed by atoms with Crippen molar-refractivity contribution in [1.29, 1.82) is 0 Å². The monoisotopic (exact) mass is 273 g/mol. The Morgan fingerprint density at radius 3 is 2.65 bits per heavy atom. The Bertz CT molecular complexity index is 478. The number of rotatable bonds is 7. The average Bonchev–Trinajstić information content (AvgIpc) is 2.46. The van der Waals surface area contributed by atoms with E-state index in [2.05, 4.69) is 5.32 Å². The number of carbonyl (C=O) groups is 2. The summed E-state index contributed by atoms with van der Waals surface area (Å²) in [5.41, 5.74) is 1.15. The first kappa shape index (κ1) is 15.7. The van der Waals surface area contributed by atoms with Crippen molar-refractivity contribution in [2.24, 2.45) is 0 Å². The lowest BCUT2D eigenvalue weighted by molar-refractivity contribution is -0.143. The van der Waals surface area contributed by atoms with Gasteiger partial charge in [0.1, 0.15) is 0 Å². The van der Waals surface area contributed by atoms with Crippen LogP contribution in [0, 0.1) is 0 Å². The number of nitrogens with one attached hydrogen (secondary N) is 1. The molecule has 1 aromatic carbocycles. The summed E-state index contributed by atoms with van der Waals surface area (Å²) in [7, 11) is 0. The Morgan fingerprint density at radius 2 is 1.95 bits per heavy atom. The zero-order chi connectivity index (χ0) is 14.6. The minimum Gasteiger partial charge on any atom is -0.452 e. The number of esters is 1. The second-order valence-corrected chi connectivity index (χ2v) is 4.08. The van der Waals surface area contributed by atoms with Crippen molar-refractivity contribution >= 4 is 11.9 Å². The molecule has 1 N–H and O–H groups in total. The van der Waals surface area contributed by atoms with Crippen LogP contribution in [0.4, 0.5) is 0 Å². The third-order valence-electron chi connectivity index (χ3n) is 2.46. The average molecular weight is 273 g/mol. The van der Waals surface area contributed by atoms with Crippen LogP contribution in [0.1, 0.15) is 12.5 Å². The van der Waals surface area contributed by atoms with Crippen molar-refractivity contribution in [3.05, 3.63) is 60.2 Å².